The standard InChI is InChI=1S/C29H28N6O2/c1-4-30-28(36)35-29(13-14-29)12-11-21-6-9-25-24(16-21)27(33-18-32-25)34-22-7-10-26(19(2)15-22)37-23-8-5-20(3)31-17-23/h5-10,15-18H,4,13-14H2,1-3H3,(H2,30,35,36)(H,32,33,34). The lowest BCUT2D eigenvalue weighted by molar-refractivity contribution is 0.239. The van der Waals surface area contributed by atoms with Crippen molar-refractivity contribution in [3.63, 3.8) is 0 Å². The van der Waals surface area contributed by atoms with Crippen LogP contribution < -0.4 is 20.7 Å². The van der Waals surface area contributed by atoms with Crippen molar-refractivity contribution in [1.29, 1.82) is 0 Å². The molecule has 186 valence electrons. The van der Waals surface area contributed by atoms with Gasteiger partial charge < -0.3 is 20.7 Å². The average molecular weight is 493 g/mol. The summed E-state index contributed by atoms with van der Waals surface area (Å²) in [6.45, 7) is 6.41. The summed E-state index contributed by atoms with van der Waals surface area (Å²) in [5, 5.41) is 10.0. The summed E-state index contributed by atoms with van der Waals surface area (Å²) >= 11 is 0. The molecule has 37 heavy (non-hydrogen) atoms. The lowest BCUT2D eigenvalue weighted by Crippen LogP contribution is -2.42. The molecule has 8 nitrogen and oxygen atoms in total. The molecule has 1 aliphatic rings. The van der Waals surface area contributed by atoms with E-state index in [9.17, 15) is 4.79 Å². The highest BCUT2D eigenvalue weighted by molar-refractivity contribution is 5.91. The van der Waals surface area contributed by atoms with Crippen molar-refractivity contribution in [2.45, 2.75) is 39.2 Å². The predicted octanol–water partition coefficient (Wildman–Crippen LogP) is 5.38. The molecule has 0 unspecified atom stereocenters. The largest absolute Gasteiger partial charge is 0.455 e. The third-order valence-corrected chi connectivity index (χ3v) is 6.07. The second-order valence-corrected chi connectivity index (χ2v) is 9.11. The van der Waals surface area contributed by atoms with Crippen LogP contribution in [0.15, 0.2) is 61.1 Å². The third-order valence-electron chi connectivity index (χ3n) is 6.07. The van der Waals surface area contributed by atoms with Gasteiger partial charge in [0.15, 0.2) is 0 Å². The quantitative estimate of drug-likeness (QED) is 0.313. The van der Waals surface area contributed by atoms with E-state index in [1.54, 1.807) is 12.5 Å². The van der Waals surface area contributed by atoms with Crippen molar-refractivity contribution in [2.24, 2.45) is 0 Å². The Balaban J connectivity index is 1.35. The minimum absolute atomic E-state index is 0.185. The van der Waals surface area contributed by atoms with Gasteiger partial charge in [0.05, 0.1) is 11.7 Å². The lowest BCUT2D eigenvalue weighted by atomic mass is 10.1. The molecule has 2 amide bonds. The van der Waals surface area contributed by atoms with Gasteiger partial charge in [-0.2, -0.15) is 0 Å². The van der Waals surface area contributed by atoms with Crippen molar-refractivity contribution in [3.8, 4) is 23.3 Å². The number of hydrogen-bond acceptors (Lipinski definition) is 6. The van der Waals surface area contributed by atoms with Crippen molar-refractivity contribution >= 4 is 28.4 Å². The van der Waals surface area contributed by atoms with Crippen LogP contribution in [0, 0.1) is 25.7 Å². The zero-order valence-corrected chi connectivity index (χ0v) is 21.1. The van der Waals surface area contributed by atoms with Crippen LogP contribution in [0.25, 0.3) is 10.9 Å². The highest BCUT2D eigenvalue weighted by atomic mass is 16.5. The summed E-state index contributed by atoms with van der Waals surface area (Å²) in [4.78, 5) is 25.1. The van der Waals surface area contributed by atoms with Crippen LogP contribution in [0.5, 0.6) is 11.5 Å². The Hall–Kier alpha value is -4.64. The van der Waals surface area contributed by atoms with Crippen LogP contribution in [-0.4, -0.2) is 33.1 Å². The fourth-order valence-electron chi connectivity index (χ4n) is 3.87. The molecule has 2 aromatic heterocycles. The highest BCUT2D eigenvalue weighted by Gasteiger charge is 2.42. The molecule has 4 aromatic rings. The Morgan fingerprint density at radius 3 is 2.65 bits per heavy atom. The van der Waals surface area contributed by atoms with Gasteiger partial charge in [-0.1, -0.05) is 11.8 Å². The number of benzene rings is 2. The number of nitrogens with zero attached hydrogens (tertiary/aromatic N) is 3. The zero-order chi connectivity index (χ0) is 25.8. The molecule has 0 bridgehead atoms. The summed E-state index contributed by atoms with van der Waals surface area (Å²) in [5.74, 6) is 8.61. The number of ether oxygens (including phenoxy) is 1. The van der Waals surface area contributed by atoms with Gasteiger partial charge in [-0.05, 0) is 87.7 Å². The number of rotatable bonds is 6. The smallest absolute Gasteiger partial charge is 0.315 e. The first-order valence-electron chi connectivity index (χ1n) is 12.3. The number of hydrogen-bond donors (Lipinski definition) is 3. The second-order valence-electron chi connectivity index (χ2n) is 9.11. The maximum Gasteiger partial charge on any atom is 0.315 e. The van der Waals surface area contributed by atoms with Crippen LogP contribution in [0.4, 0.5) is 16.3 Å². The fourth-order valence-corrected chi connectivity index (χ4v) is 3.87. The van der Waals surface area contributed by atoms with E-state index in [2.05, 4.69) is 42.7 Å². The van der Waals surface area contributed by atoms with Gasteiger partial charge in [-0.15, -0.1) is 0 Å². The SMILES string of the molecule is CCNC(=O)NC1(C#Cc2ccc3ncnc(Nc4ccc(Oc5ccc(C)nc5)c(C)c4)c3c2)CC1. The molecule has 0 spiro atoms. The third kappa shape index (κ3) is 5.78. The Kier molecular flexibility index (Phi) is 6.60. The first-order valence-corrected chi connectivity index (χ1v) is 12.3. The molecule has 2 heterocycles. The Morgan fingerprint density at radius 2 is 1.92 bits per heavy atom. The topological polar surface area (TPSA) is 101 Å². The first kappa shape index (κ1) is 24.1. The van der Waals surface area contributed by atoms with Crippen molar-refractivity contribution in [3.05, 3.63) is 77.9 Å². The van der Waals surface area contributed by atoms with Crippen molar-refractivity contribution in [1.82, 2.24) is 25.6 Å². The predicted molar refractivity (Wildman–Crippen MR) is 144 cm³/mol. The zero-order valence-electron chi connectivity index (χ0n) is 21.1. The molecule has 0 aliphatic heterocycles. The molecule has 0 saturated heterocycles. The van der Waals surface area contributed by atoms with E-state index in [-0.39, 0.29) is 6.03 Å². The molecule has 2 aromatic carbocycles. The molecule has 1 fully saturated rings. The minimum Gasteiger partial charge on any atom is -0.455 e. The number of anilines is 2. The number of aryl methyl sites for hydroxylation is 2. The van der Waals surface area contributed by atoms with E-state index in [1.807, 2.05) is 69.3 Å². The summed E-state index contributed by atoms with van der Waals surface area (Å²) in [7, 11) is 0. The minimum atomic E-state index is -0.446. The van der Waals surface area contributed by atoms with Crippen LogP contribution in [0.3, 0.4) is 0 Å². The van der Waals surface area contributed by atoms with E-state index in [4.69, 9.17) is 4.74 Å². The number of aromatic nitrogens is 3. The second kappa shape index (κ2) is 10.2. The Bertz CT molecular complexity index is 1520. The lowest BCUT2D eigenvalue weighted by Gasteiger charge is -2.13. The van der Waals surface area contributed by atoms with E-state index in [0.717, 1.165) is 52.0 Å². The summed E-state index contributed by atoms with van der Waals surface area (Å²) in [5.41, 5.74) is 4.00. The molecule has 1 aliphatic carbocycles. The molecular formula is C29H28N6O2. The van der Waals surface area contributed by atoms with Gasteiger partial charge in [0.2, 0.25) is 0 Å². The Morgan fingerprint density at radius 1 is 1.05 bits per heavy atom. The number of carbonyl (C=O) groups excluding carboxylic acids is 1. The van der Waals surface area contributed by atoms with E-state index in [0.29, 0.717) is 18.1 Å². The number of fused-ring (bicyclic) bond motifs is 1. The van der Waals surface area contributed by atoms with Crippen molar-refractivity contribution < 1.29 is 9.53 Å². The summed E-state index contributed by atoms with van der Waals surface area (Å²) in [6.07, 6.45) is 4.95. The molecular weight excluding hydrogens is 464 g/mol. The maximum absolute atomic E-state index is 11.9. The molecule has 0 radical (unpaired) electrons. The number of pyridine rings is 1. The molecule has 3 N–H and O–H groups in total. The fraction of sp³-hybridized carbons (Fsp3) is 0.241. The van der Waals surface area contributed by atoms with Gasteiger partial charge in [0, 0.05) is 28.9 Å². The van der Waals surface area contributed by atoms with Crippen LogP contribution in [0.1, 0.15) is 36.6 Å². The normalized spacial score (nSPS) is 13.3. The van der Waals surface area contributed by atoms with Gasteiger partial charge in [-0.3, -0.25) is 4.98 Å². The van der Waals surface area contributed by atoms with E-state index >= 15 is 0 Å². The van der Waals surface area contributed by atoms with Gasteiger partial charge >= 0.3 is 6.03 Å². The highest BCUT2D eigenvalue weighted by Crippen LogP contribution is 2.35. The summed E-state index contributed by atoms with van der Waals surface area (Å²) in [6, 6.07) is 15.4. The number of nitrogens with one attached hydrogen (secondary N) is 3. The molecule has 5 rings (SSSR count). The van der Waals surface area contributed by atoms with Crippen LogP contribution >= 0.6 is 0 Å². The number of carbonyl (C=O) groups is 1. The molecule has 1 saturated carbocycles. The van der Waals surface area contributed by atoms with Crippen molar-refractivity contribution in [2.75, 3.05) is 11.9 Å². The van der Waals surface area contributed by atoms with Gasteiger partial charge in [0.25, 0.3) is 0 Å². The van der Waals surface area contributed by atoms with Gasteiger partial charge in [0.1, 0.15) is 29.2 Å². The first-order chi connectivity index (χ1) is 17.9. The average Bonchev–Trinajstić information content (AvgIpc) is 3.65. The van der Waals surface area contributed by atoms with Crippen LogP contribution in [-0.2, 0) is 0 Å². The maximum atomic E-state index is 11.9. The van der Waals surface area contributed by atoms with E-state index < -0.39 is 5.54 Å². The monoisotopic (exact) mass is 492 g/mol. The number of amides is 2. The number of urea groups is 1. The Labute approximate surface area is 215 Å². The van der Waals surface area contributed by atoms with Gasteiger partial charge in [-0.25, -0.2) is 14.8 Å². The molecule has 8 heteroatoms. The van der Waals surface area contributed by atoms with E-state index in [1.165, 1.54) is 0 Å². The molecule has 0 atom stereocenters. The van der Waals surface area contributed by atoms with Crippen LogP contribution in [0.2, 0.25) is 0 Å². The summed E-state index contributed by atoms with van der Waals surface area (Å²) < 4.78 is 5.99.